The minimum absolute atomic E-state index is 0.116. The molecule has 0 bridgehead atoms. The molecule has 9 heteroatoms. The number of hydrogen-bond acceptors (Lipinski definition) is 7. The molecule has 170 valence electrons. The predicted octanol–water partition coefficient (Wildman–Crippen LogP) is 2.73. The van der Waals surface area contributed by atoms with Crippen molar-refractivity contribution in [2.45, 2.75) is 6.92 Å². The molecule has 0 atom stereocenters. The van der Waals surface area contributed by atoms with Gasteiger partial charge in [-0.3, -0.25) is 9.59 Å². The van der Waals surface area contributed by atoms with Crippen molar-refractivity contribution >= 4 is 35.0 Å². The molecule has 0 saturated carbocycles. The molecule has 0 spiro atoms. The fraction of sp³-hybridized carbons (Fsp3) is 0.250. The van der Waals surface area contributed by atoms with Crippen LogP contribution in [-0.4, -0.2) is 54.6 Å². The summed E-state index contributed by atoms with van der Waals surface area (Å²) in [6.45, 7) is 4.80. The lowest BCUT2D eigenvalue weighted by atomic mass is 10.2. The van der Waals surface area contributed by atoms with E-state index in [1.54, 1.807) is 36.4 Å². The summed E-state index contributed by atoms with van der Waals surface area (Å²) < 4.78 is 5.41. The molecule has 9 nitrogen and oxygen atoms in total. The van der Waals surface area contributed by atoms with Gasteiger partial charge in [-0.1, -0.05) is 18.2 Å². The van der Waals surface area contributed by atoms with Crippen LogP contribution in [0.3, 0.4) is 0 Å². The highest BCUT2D eigenvalue weighted by atomic mass is 16.5. The van der Waals surface area contributed by atoms with Crippen LogP contribution in [-0.2, 0) is 9.53 Å². The number of rotatable bonds is 7. The Bertz CT molecular complexity index is 1100. The third-order valence-electron chi connectivity index (χ3n) is 5.05. The fourth-order valence-electron chi connectivity index (χ4n) is 3.39. The van der Waals surface area contributed by atoms with E-state index >= 15 is 0 Å². The Hall–Kier alpha value is -3.98. The summed E-state index contributed by atoms with van der Waals surface area (Å²) >= 11 is 0. The van der Waals surface area contributed by atoms with E-state index in [-0.39, 0.29) is 18.4 Å². The van der Waals surface area contributed by atoms with E-state index in [2.05, 4.69) is 30.8 Å². The van der Waals surface area contributed by atoms with Gasteiger partial charge in [-0.2, -0.15) is 4.98 Å². The number of carbonyl (C=O) groups excluding carboxylic acids is 2. The zero-order chi connectivity index (χ0) is 23.0. The van der Waals surface area contributed by atoms with Crippen molar-refractivity contribution in [1.82, 2.24) is 15.3 Å². The van der Waals surface area contributed by atoms with Gasteiger partial charge in [0, 0.05) is 41.8 Å². The van der Waals surface area contributed by atoms with Crippen molar-refractivity contribution in [3.05, 3.63) is 71.9 Å². The Morgan fingerprint density at radius 1 is 0.970 bits per heavy atom. The SMILES string of the molecule is Cc1cc(N2CCOCC2)nc(Nc2ccc(NC(=O)CNC(=O)c3ccccc3)cc2)n1. The van der Waals surface area contributed by atoms with E-state index in [1.165, 1.54) is 0 Å². The van der Waals surface area contributed by atoms with Crippen LogP contribution in [0.5, 0.6) is 0 Å². The van der Waals surface area contributed by atoms with E-state index in [9.17, 15) is 9.59 Å². The first kappa shape index (κ1) is 22.2. The highest BCUT2D eigenvalue weighted by Gasteiger charge is 2.14. The summed E-state index contributed by atoms with van der Waals surface area (Å²) in [6.07, 6.45) is 0. The lowest BCUT2D eigenvalue weighted by Crippen LogP contribution is -2.36. The molecule has 2 heterocycles. The molecule has 1 aromatic heterocycles. The second-order valence-corrected chi connectivity index (χ2v) is 7.59. The van der Waals surface area contributed by atoms with Crippen molar-refractivity contribution in [3.8, 4) is 0 Å². The lowest BCUT2D eigenvalue weighted by Gasteiger charge is -2.28. The summed E-state index contributed by atoms with van der Waals surface area (Å²) in [4.78, 5) is 35.5. The second kappa shape index (κ2) is 10.6. The molecule has 33 heavy (non-hydrogen) atoms. The minimum Gasteiger partial charge on any atom is -0.378 e. The topological polar surface area (TPSA) is 108 Å². The Balaban J connectivity index is 1.31. The number of nitrogens with zero attached hydrogens (tertiary/aromatic N) is 3. The van der Waals surface area contributed by atoms with Crippen LogP contribution in [0, 0.1) is 6.92 Å². The van der Waals surface area contributed by atoms with E-state index in [4.69, 9.17) is 4.74 Å². The van der Waals surface area contributed by atoms with Crippen molar-refractivity contribution in [2.24, 2.45) is 0 Å². The number of amides is 2. The van der Waals surface area contributed by atoms with Gasteiger partial charge in [0.05, 0.1) is 19.8 Å². The van der Waals surface area contributed by atoms with E-state index in [0.717, 1.165) is 30.3 Å². The molecule has 0 radical (unpaired) electrons. The molecule has 1 aliphatic rings. The van der Waals surface area contributed by atoms with Crippen molar-refractivity contribution in [1.29, 1.82) is 0 Å². The zero-order valence-corrected chi connectivity index (χ0v) is 18.4. The summed E-state index contributed by atoms with van der Waals surface area (Å²) in [7, 11) is 0. The Morgan fingerprint density at radius 3 is 2.39 bits per heavy atom. The molecular formula is C24H26N6O3. The molecule has 3 aromatic rings. The fourth-order valence-corrected chi connectivity index (χ4v) is 3.39. The van der Waals surface area contributed by atoms with Crippen LogP contribution in [0.1, 0.15) is 16.1 Å². The number of morpholine rings is 1. The number of benzene rings is 2. The van der Waals surface area contributed by atoms with Crippen molar-refractivity contribution in [2.75, 3.05) is 48.4 Å². The van der Waals surface area contributed by atoms with Crippen LogP contribution >= 0.6 is 0 Å². The van der Waals surface area contributed by atoms with Gasteiger partial charge >= 0.3 is 0 Å². The maximum Gasteiger partial charge on any atom is 0.251 e. The number of hydrogen-bond donors (Lipinski definition) is 3. The highest BCUT2D eigenvalue weighted by Crippen LogP contribution is 2.20. The molecule has 3 N–H and O–H groups in total. The van der Waals surface area contributed by atoms with Crippen molar-refractivity contribution < 1.29 is 14.3 Å². The van der Waals surface area contributed by atoms with Gasteiger partial charge in [0.15, 0.2) is 0 Å². The van der Waals surface area contributed by atoms with Crippen LogP contribution in [0.25, 0.3) is 0 Å². The minimum atomic E-state index is -0.308. The first-order valence-corrected chi connectivity index (χ1v) is 10.8. The molecular weight excluding hydrogens is 420 g/mol. The van der Waals surface area contributed by atoms with E-state index < -0.39 is 0 Å². The van der Waals surface area contributed by atoms with Crippen LogP contribution in [0.2, 0.25) is 0 Å². The van der Waals surface area contributed by atoms with E-state index in [0.29, 0.717) is 30.4 Å². The van der Waals surface area contributed by atoms with Crippen LogP contribution in [0.15, 0.2) is 60.7 Å². The number of nitrogens with one attached hydrogen (secondary N) is 3. The number of carbonyl (C=O) groups is 2. The maximum absolute atomic E-state index is 12.2. The molecule has 0 unspecified atom stereocenters. The van der Waals surface area contributed by atoms with Gasteiger partial charge in [-0.05, 0) is 43.3 Å². The first-order chi connectivity index (χ1) is 16.1. The average Bonchev–Trinajstić information content (AvgIpc) is 2.84. The van der Waals surface area contributed by atoms with Crippen LogP contribution in [0.4, 0.5) is 23.1 Å². The van der Waals surface area contributed by atoms with E-state index in [1.807, 2.05) is 31.2 Å². The molecule has 4 rings (SSSR count). The van der Waals surface area contributed by atoms with Gasteiger partial charge in [-0.25, -0.2) is 4.98 Å². The first-order valence-electron chi connectivity index (χ1n) is 10.8. The van der Waals surface area contributed by atoms with Gasteiger partial charge < -0.3 is 25.6 Å². The lowest BCUT2D eigenvalue weighted by molar-refractivity contribution is -0.115. The molecule has 2 aromatic carbocycles. The molecule has 2 amide bonds. The monoisotopic (exact) mass is 446 g/mol. The average molecular weight is 447 g/mol. The summed E-state index contributed by atoms with van der Waals surface area (Å²) in [6, 6.07) is 17.9. The maximum atomic E-state index is 12.2. The Labute approximate surface area is 192 Å². The third kappa shape index (κ3) is 6.27. The van der Waals surface area contributed by atoms with Crippen LogP contribution < -0.4 is 20.9 Å². The van der Waals surface area contributed by atoms with Crippen molar-refractivity contribution in [3.63, 3.8) is 0 Å². The van der Waals surface area contributed by atoms with Gasteiger partial charge in [0.1, 0.15) is 5.82 Å². The smallest absolute Gasteiger partial charge is 0.251 e. The van der Waals surface area contributed by atoms with Gasteiger partial charge in [0.2, 0.25) is 11.9 Å². The highest BCUT2D eigenvalue weighted by molar-refractivity contribution is 5.99. The third-order valence-corrected chi connectivity index (χ3v) is 5.05. The standard InChI is InChI=1S/C24H26N6O3/c1-17-15-21(30-11-13-33-14-12-30)29-24(26-17)28-20-9-7-19(8-10-20)27-22(31)16-25-23(32)18-5-3-2-4-6-18/h2-10,15H,11-14,16H2,1H3,(H,25,32)(H,27,31)(H,26,28,29). The summed E-state index contributed by atoms with van der Waals surface area (Å²) in [5, 5.41) is 8.59. The molecule has 0 aliphatic carbocycles. The normalized spacial score (nSPS) is 13.3. The number of ether oxygens (including phenoxy) is 1. The molecule has 1 aliphatic heterocycles. The molecule has 1 saturated heterocycles. The number of anilines is 4. The van der Waals surface area contributed by atoms with Gasteiger partial charge in [0.25, 0.3) is 5.91 Å². The zero-order valence-electron chi connectivity index (χ0n) is 18.4. The largest absolute Gasteiger partial charge is 0.378 e. The predicted molar refractivity (Wildman–Crippen MR) is 127 cm³/mol. The quantitative estimate of drug-likeness (QED) is 0.512. The molecule has 1 fully saturated rings. The second-order valence-electron chi connectivity index (χ2n) is 7.59. The Kier molecular flexibility index (Phi) is 7.11. The Morgan fingerprint density at radius 2 is 1.67 bits per heavy atom. The number of aryl methyl sites for hydroxylation is 1. The van der Waals surface area contributed by atoms with Gasteiger partial charge in [-0.15, -0.1) is 0 Å². The summed E-state index contributed by atoms with van der Waals surface area (Å²) in [5.74, 6) is 0.781. The number of aromatic nitrogens is 2. The summed E-state index contributed by atoms with van der Waals surface area (Å²) in [5.41, 5.74) is 2.80.